The second-order valence-electron chi connectivity index (χ2n) is 9.47. The Labute approximate surface area is 193 Å². The molecule has 0 amide bonds. The zero-order valence-electron chi connectivity index (χ0n) is 18.8. The summed E-state index contributed by atoms with van der Waals surface area (Å²) in [5.74, 6) is -2.30. The number of esters is 2. The van der Waals surface area contributed by atoms with Gasteiger partial charge in [-0.15, -0.1) is 0 Å². The minimum absolute atomic E-state index is 0.231. The predicted molar refractivity (Wildman–Crippen MR) is 123 cm³/mol. The highest BCUT2D eigenvalue weighted by atomic mass is 35.5. The van der Waals surface area contributed by atoms with Crippen molar-refractivity contribution in [2.45, 2.75) is 45.9 Å². The van der Waals surface area contributed by atoms with Crippen LogP contribution in [0.4, 0.5) is 11.4 Å². The van der Waals surface area contributed by atoms with E-state index in [0.29, 0.717) is 18.1 Å². The molecule has 3 aliphatic rings. The molecule has 32 heavy (non-hydrogen) atoms. The number of carbonyl (C=O) groups excluding carboxylic acids is 2. The van der Waals surface area contributed by atoms with E-state index in [-0.39, 0.29) is 6.42 Å². The Morgan fingerprint density at radius 3 is 2.44 bits per heavy atom. The lowest BCUT2D eigenvalue weighted by Gasteiger charge is -2.55. The van der Waals surface area contributed by atoms with Crippen LogP contribution in [0.25, 0.3) is 0 Å². The van der Waals surface area contributed by atoms with Crippen LogP contribution in [0, 0.1) is 19.3 Å². The number of hydrogen-bond acceptors (Lipinski definition) is 6. The second kappa shape index (κ2) is 7.14. The van der Waals surface area contributed by atoms with Crippen molar-refractivity contribution in [1.82, 2.24) is 0 Å². The lowest BCUT2D eigenvalue weighted by Crippen LogP contribution is -2.71. The Bertz CT molecular complexity index is 1110. The first-order valence-corrected chi connectivity index (χ1v) is 11.3. The first-order valence-electron chi connectivity index (χ1n) is 11.0. The molecule has 168 valence electrons. The molecule has 2 aromatic carbocycles. The molecule has 0 radical (unpaired) electrons. The molecular formula is C25H27ClN2O4. The number of fused-ring (bicyclic) bond motifs is 4. The van der Waals surface area contributed by atoms with E-state index in [2.05, 4.69) is 35.8 Å². The molecule has 1 atom stereocenters. The highest BCUT2D eigenvalue weighted by Crippen LogP contribution is 2.48. The number of hydrogen-bond donors (Lipinski definition) is 0. The summed E-state index contributed by atoms with van der Waals surface area (Å²) in [7, 11) is 0. The molecule has 7 heteroatoms. The summed E-state index contributed by atoms with van der Waals surface area (Å²) in [6.07, 6.45) is 0.231. The van der Waals surface area contributed by atoms with Gasteiger partial charge in [-0.1, -0.05) is 29.8 Å². The van der Waals surface area contributed by atoms with Crippen LogP contribution in [0.1, 0.15) is 30.5 Å². The van der Waals surface area contributed by atoms with Gasteiger partial charge in [-0.3, -0.25) is 9.59 Å². The van der Waals surface area contributed by atoms with Gasteiger partial charge in [0.15, 0.2) is 5.41 Å². The lowest BCUT2D eigenvalue weighted by molar-refractivity contribution is -0.253. The molecule has 5 rings (SSSR count). The minimum Gasteiger partial charge on any atom is -0.422 e. The van der Waals surface area contributed by atoms with Crippen LogP contribution in [0.2, 0.25) is 5.02 Å². The number of halogens is 1. The number of aryl methyl sites for hydroxylation is 1. The number of rotatable bonds is 1. The van der Waals surface area contributed by atoms with Crippen molar-refractivity contribution < 1.29 is 19.1 Å². The van der Waals surface area contributed by atoms with Crippen molar-refractivity contribution in [1.29, 1.82) is 0 Å². The molecule has 1 spiro atoms. The first-order chi connectivity index (χ1) is 15.1. The van der Waals surface area contributed by atoms with Crippen molar-refractivity contribution in [3.8, 4) is 0 Å². The van der Waals surface area contributed by atoms with Crippen molar-refractivity contribution in [3.05, 3.63) is 58.1 Å². The molecule has 2 saturated heterocycles. The number of anilines is 2. The van der Waals surface area contributed by atoms with E-state index in [4.69, 9.17) is 21.1 Å². The average Bonchev–Trinajstić information content (AvgIpc) is 2.73. The maximum Gasteiger partial charge on any atom is 0.329 e. The Hall–Kier alpha value is -2.73. The van der Waals surface area contributed by atoms with Gasteiger partial charge >= 0.3 is 11.9 Å². The zero-order valence-corrected chi connectivity index (χ0v) is 19.5. The van der Waals surface area contributed by atoms with E-state index in [9.17, 15) is 9.59 Å². The largest absolute Gasteiger partial charge is 0.422 e. The molecule has 3 aliphatic heterocycles. The van der Waals surface area contributed by atoms with Gasteiger partial charge in [-0.2, -0.15) is 0 Å². The van der Waals surface area contributed by atoms with Crippen LogP contribution >= 0.6 is 11.6 Å². The Kier molecular flexibility index (Phi) is 4.71. The third-order valence-corrected chi connectivity index (χ3v) is 7.33. The van der Waals surface area contributed by atoms with Crippen molar-refractivity contribution >= 4 is 34.9 Å². The molecular weight excluding hydrogens is 428 g/mol. The van der Waals surface area contributed by atoms with Gasteiger partial charge in [0.2, 0.25) is 0 Å². The van der Waals surface area contributed by atoms with Crippen molar-refractivity contribution in [2.24, 2.45) is 5.41 Å². The first kappa shape index (κ1) is 21.1. The Balaban J connectivity index is 1.62. The zero-order chi connectivity index (χ0) is 22.8. The van der Waals surface area contributed by atoms with Gasteiger partial charge in [0, 0.05) is 56.3 Å². The minimum atomic E-state index is -1.42. The SMILES string of the molecule is Cc1cccc(N2CCN3c4cc(Cl)ccc4CC4(C(=O)OC(C)(C)OC4=O)[C@H]3C2)c1C. The fourth-order valence-electron chi connectivity index (χ4n) is 5.31. The quantitative estimate of drug-likeness (QED) is 0.479. The van der Waals surface area contributed by atoms with Gasteiger partial charge in [0.05, 0.1) is 6.04 Å². The van der Waals surface area contributed by atoms with Gasteiger partial charge in [-0.05, 0) is 48.7 Å². The Morgan fingerprint density at radius 1 is 1.00 bits per heavy atom. The second-order valence-corrected chi connectivity index (χ2v) is 9.91. The number of benzene rings is 2. The van der Waals surface area contributed by atoms with E-state index >= 15 is 0 Å². The Morgan fingerprint density at radius 2 is 1.72 bits per heavy atom. The number of cyclic esters (lactones) is 2. The summed E-state index contributed by atoms with van der Waals surface area (Å²) in [5.41, 5.74) is 3.98. The number of ether oxygens (including phenoxy) is 2. The lowest BCUT2D eigenvalue weighted by atomic mass is 9.69. The summed E-state index contributed by atoms with van der Waals surface area (Å²) in [4.78, 5) is 31.4. The third-order valence-electron chi connectivity index (χ3n) is 7.10. The summed E-state index contributed by atoms with van der Waals surface area (Å²) in [6, 6.07) is 11.4. The van der Waals surface area contributed by atoms with Crippen LogP contribution < -0.4 is 9.80 Å². The molecule has 6 nitrogen and oxygen atoms in total. The van der Waals surface area contributed by atoms with Crippen LogP contribution in [-0.2, 0) is 25.5 Å². The standard InChI is InChI=1S/C25H27ClN2O4/c1-15-6-5-7-19(16(15)2)27-10-11-28-20-12-18(26)9-8-17(20)13-25(21(28)14-27)22(29)31-24(3,4)32-23(25)30/h5-9,12,21H,10-11,13-14H2,1-4H3/t21-/m1/s1. The average molecular weight is 455 g/mol. The number of carbonyl (C=O) groups is 2. The topological polar surface area (TPSA) is 59.1 Å². The molecule has 0 aromatic heterocycles. The summed E-state index contributed by atoms with van der Waals surface area (Å²) in [6.45, 7) is 9.29. The fourth-order valence-corrected chi connectivity index (χ4v) is 5.48. The van der Waals surface area contributed by atoms with Gasteiger partial charge in [-0.25, -0.2) is 0 Å². The smallest absolute Gasteiger partial charge is 0.329 e. The van der Waals surface area contributed by atoms with Gasteiger partial charge in [0.1, 0.15) is 0 Å². The van der Waals surface area contributed by atoms with Crippen molar-refractivity contribution in [3.63, 3.8) is 0 Å². The monoisotopic (exact) mass is 454 g/mol. The highest BCUT2D eigenvalue weighted by molar-refractivity contribution is 6.31. The normalized spacial score (nSPS) is 23.3. The van der Waals surface area contributed by atoms with Crippen LogP contribution in [0.3, 0.4) is 0 Å². The molecule has 0 unspecified atom stereocenters. The van der Waals surface area contributed by atoms with Crippen LogP contribution in [-0.4, -0.2) is 43.4 Å². The number of nitrogens with zero attached hydrogens (tertiary/aromatic N) is 2. The molecule has 0 bridgehead atoms. The summed E-state index contributed by atoms with van der Waals surface area (Å²) >= 11 is 6.32. The molecule has 0 N–H and O–H groups in total. The molecule has 3 heterocycles. The number of piperazine rings is 1. The maximum absolute atomic E-state index is 13.5. The predicted octanol–water partition coefficient (Wildman–Crippen LogP) is 4.03. The molecule has 0 aliphatic carbocycles. The van der Waals surface area contributed by atoms with E-state index in [1.54, 1.807) is 19.9 Å². The molecule has 0 saturated carbocycles. The van der Waals surface area contributed by atoms with E-state index in [1.165, 1.54) is 11.1 Å². The van der Waals surface area contributed by atoms with E-state index < -0.39 is 29.2 Å². The maximum atomic E-state index is 13.5. The van der Waals surface area contributed by atoms with Crippen LogP contribution in [0.5, 0.6) is 0 Å². The van der Waals surface area contributed by atoms with E-state index in [1.807, 2.05) is 18.2 Å². The third kappa shape index (κ3) is 3.07. The van der Waals surface area contributed by atoms with Gasteiger partial charge < -0.3 is 19.3 Å². The highest BCUT2D eigenvalue weighted by Gasteiger charge is 2.64. The van der Waals surface area contributed by atoms with Crippen molar-refractivity contribution in [2.75, 3.05) is 29.4 Å². The van der Waals surface area contributed by atoms with E-state index in [0.717, 1.165) is 23.5 Å². The fraction of sp³-hybridized carbons (Fsp3) is 0.440. The summed E-state index contributed by atoms with van der Waals surface area (Å²) in [5, 5.41) is 0.630. The molecule has 2 fully saturated rings. The van der Waals surface area contributed by atoms with Gasteiger partial charge in [0.25, 0.3) is 5.79 Å². The van der Waals surface area contributed by atoms with Crippen LogP contribution in [0.15, 0.2) is 36.4 Å². The molecule has 2 aromatic rings. The summed E-state index contributed by atoms with van der Waals surface area (Å²) < 4.78 is 11.3.